The molecule has 0 aliphatic carbocycles. The Kier molecular flexibility index (Phi) is 8.75. The molecule has 10 heteroatoms. The van der Waals surface area contributed by atoms with Crippen molar-refractivity contribution in [3.8, 4) is 11.5 Å². The second kappa shape index (κ2) is 12.2. The average Bonchev–Trinajstić information content (AvgIpc) is 2.84. The maximum absolute atomic E-state index is 12.1. The summed E-state index contributed by atoms with van der Waals surface area (Å²) in [5.41, 5.74) is 3.70. The Morgan fingerprint density at radius 1 is 0.912 bits per heavy atom. The number of anilines is 2. The third-order valence-electron chi connectivity index (χ3n) is 4.29. The van der Waals surface area contributed by atoms with Gasteiger partial charge in [-0.2, -0.15) is 5.10 Å². The summed E-state index contributed by atoms with van der Waals surface area (Å²) in [6, 6.07) is 20.7. The highest BCUT2D eigenvalue weighted by atomic mass is 79.9. The van der Waals surface area contributed by atoms with Crippen molar-refractivity contribution in [1.82, 2.24) is 5.43 Å². The average molecular weight is 525 g/mol. The summed E-state index contributed by atoms with van der Waals surface area (Å²) in [5.74, 6) is -1.28. The molecule has 0 atom stereocenters. The van der Waals surface area contributed by atoms with Gasteiger partial charge in [0.25, 0.3) is 5.91 Å². The second-order valence-electron chi connectivity index (χ2n) is 6.77. The number of carbonyl (C=O) groups is 3. The number of carbonyl (C=O) groups excluding carboxylic acids is 3. The SMILES string of the molecule is COc1cccc(NC(=O)C(=O)N/N=C\c2cc(Br)ccc2OCC(=O)Nc2ccccc2)c1. The Morgan fingerprint density at radius 2 is 1.68 bits per heavy atom. The van der Waals surface area contributed by atoms with Gasteiger partial charge < -0.3 is 20.1 Å². The number of halogens is 1. The zero-order valence-electron chi connectivity index (χ0n) is 18.1. The lowest BCUT2D eigenvalue weighted by atomic mass is 10.2. The molecule has 3 aromatic rings. The molecule has 3 rings (SSSR count). The number of nitrogens with zero attached hydrogens (tertiary/aromatic N) is 1. The zero-order valence-corrected chi connectivity index (χ0v) is 19.7. The monoisotopic (exact) mass is 524 g/mol. The Balaban J connectivity index is 1.57. The summed E-state index contributed by atoms with van der Waals surface area (Å²) in [5, 5.41) is 9.00. The van der Waals surface area contributed by atoms with Gasteiger partial charge in [-0.1, -0.05) is 40.2 Å². The first-order chi connectivity index (χ1) is 16.4. The maximum Gasteiger partial charge on any atom is 0.329 e. The van der Waals surface area contributed by atoms with E-state index in [0.717, 1.165) is 4.47 Å². The number of rotatable bonds is 8. The molecule has 0 fully saturated rings. The smallest absolute Gasteiger partial charge is 0.329 e. The Labute approximate surface area is 204 Å². The summed E-state index contributed by atoms with van der Waals surface area (Å²) in [6.07, 6.45) is 1.31. The van der Waals surface area contributed by atoms with Crippen molar-refractivity contribution in [3.05, 3.63) is 82.8 Å². The minimum Gasteiger partial charge on any atom is -0.497 e. The highest BCUT2D eigenvalue weighted by molar-refractivity contribution is 9.10. The van der Waals surface area contributed by atoms with E-state index >= 15 is 0 Å². The molecule has 0 radical (unpaired) electrons. The molecule has 0 aliphatic rings. The minimum atomic E-state index is -0.959. The second-order valence-corrected chi connectivity index (χ2v) is 7.69. The van der Waals surface area contributed by atoms with Gasteiger partial charge in [0.15, 0.2) is 6.61 Å². The molecular weight excluding hydrogens is 504 g/mol. The van der Waals surface area contributed by atoms with Crippen LogP contribution in [-0.2, 0) is 14.4 Å². The van der Waals surface area contributed by atoms with Crippen LogP contribution in [0.5, 0.6) is 11.5 Å². The Hall–Kier alpha value is -4.18. The van der Waals surface area contributed by atoms with Crippen molar-refractivity contribution in [2.75, 3.05) is 24.4 Å². The largest absolute Gasteiger partial charge is 0.497 e. The molecule has 3 N–H and O–H groups in total. The van der Waals surface area contributed by atoms with Gasteiger partial charge in [-0.25, -0.2) is 5.43 Å². The van der Waals surface area contributed by atoms with E-state index in [-0.39, 0.29) is 12.5 Å². The topological polar surface area (TPSA) is 118 Å². The van der Waals surface area contributed by atoms with Gasteiger partial charge in [0, 0.05) is 27.5 Å². The molecule has 3 aromatic carbocycles. The summed E-state index contributed by atoms with van der Waals surface area (Å²) in [4.78, 5) is 36.3. The fraction of sp³-hybridized carbons (Fsp3) is 0.0833. The Morgan fingerprint density at radius 3 is 2.44 bits per heavy atom. The number of ether oxygens (including phenoxy) is 2. The highest BCUT2D eigenvalue weighted by Crippen LogP contribution is 2.22. The molecule has 0 bridgehead atoms. The van der Waals surface area contributed by atoms with E-state index in [2.05, 4.69) is 37.1 Å². The third kappa shape index (κ3) is 7.45. The van der Waals surface area contributed by atoms with Crippen LogP contribution in [0.3, 0.4) is 0 Å². The molecule has 0 aromatic heterocycles. The molecule has 0 spiro atoms. The number of hydrazone groups is 1. The number of benzene rings is 3. The van der Waals surface area contributed by atoms with E-state index in [1.54, 1.807) is 54.6 Å². The summed E-state index contributed by atoms with van der Waals surface area (Å²) >= 11 is 3.36. The number of nitrogens with one attached hydrogen (secondary N) is 3. The van der Waals surface area contributed by atoms with Crippen molar-refractivity contribution in [2.24, 2.45) is 5.10 Å². The van der Waals surface area contributed by atoms with Gasteiger partial charge in [-0.3, -0.25) is 14.4 Å². The van der Waals surface area contributed by atoms with E-state index in [9.17, 15) is 14.4 Å². The van der Waals surface area contributed by atoms with E-state index in [1.165, 1.54) is 13.3 Å². The van der Waals surface area contributed by atoms with Crippen LogP contribution in [0.15, 0.2) is 82.4 Å². The van der Waals surface area contributed by atoms with Crippen LogP contribution in [0.2, 0.25) is 0 Å². The van der Waals surface area contributed by atoms with Crippen molar-refractivity contribution in [2.45, 2.75) is 0 Å². The maximum atomic E-state index is 12.1. The van der Waals surface area contributed by atoms with Crippen LogP contribution in [0.4, 0.5) is 11.4 Å². The fourth-order valence-corrected chi connectivity index (χ4v) is 3.09. The number of amides is 3. The summed E-state index contributed by atoms with van der Waals surface area (Å²) < 4.78 is 11.4. The first-order valence-electron chi connectivity index (χ1n) is 10.0. The zero-order chi connectivity index (χ0) is 24.3. The summed E-state index contributed by atoms with van der Waals surface area (Å²) in [6.45, 7) is -0.229. The molecular formula is C24H21BrN4O5. The van der Waals surface area contributed by atoms with Gasteiger partial charge in [0.2, 0.25) is 0 Å². The fourth-order valence-electron chi connectivity index (χ4n) is 2.71. The number of hydrogen-bond donors (Lipinski definition) is 3. The lowest BCUT2D eigenvalue weighted by molar-refractivity contribution is -0.136. The van der Waals surface area contributed by atoms with Crippen molar-refractivity contribution in [1.29, 1.82) is 0 Å². The molecule has 0 saturated carbocycles. The normalized spacial score (nSPS) is 10.4. The lowest BCUT2D eigenvalue weighted by Crippen LogP contribution is -2.32. The van der Waals surface area contributed by atoms with Gasteiger partial charge in [0.1, 0.15) is 11.5 Å². The van der Waals surface area contributed by atoms with Crippen LogP contribution in [0.25, 0.3) is 0 Å². The van der Waals surface area contributed by atoms with Crippen LogP contribution < -0.4 is 25.5 Å². The summed E-state index contributed by atoms with van der Waals surface area (Å²) in [7, 11) is 1.50. The van der Waals surface area contributed by atoms with Gasteiger partial charge in [-0.05, 0) is 42.5 Å². The lowest BCUT2D eigenvalue weighted by Gasteiger charge is -2.10. The minimum absolute atomic E-state index is 0.229. The first-order valence-corrected chi connectivity index (χ1v) is 10.8. The standard InChI is InChI=1S/C24H21BrN4O5/c1-33-20-9-5-8-19(13-20)28-23(31)24(32)29-26-14-16-12-17(25)10-11-21(16)34-15-22(30)27-18-6-3-2-4-7-18/h2-14H,15H2,1H3,(H,27,30)(H,28,31)(H,29,32)/b26-14-. The molecule has 0 unspecified atom stereocenters. The number of hydrogen-bond acceptors (Lipinski definition) is 6. The van der Waals surface area contributed by atoms with Crippen LogP contribution in [0, 0.1) is 0 Å². The van der Waals surface area contributed by atoms with Crippen LogP contribution in [0.1, 0.15) is 5.56 Å². The molecule has 0 aliphatic heterocycles. The van der Waals surface area contributed by atoms with E-state index in [0.29, 0.717) is 28.4 Å². The van der Waals surface area contributed by atoms with Crippen LogP contribution >= 0.6 is 15.9 Å². The molecule has 3 amide bonds. The van der Waals surface area contributed by atoms with E-state index < -0.39 is 11.8 Å². The molecule has 0 heterocycles. The van der Waals surface area contributed by atoms with Crippen molar-refractivity contribution >= 4 is 51.2 Å². The van der Waals surface area contributed by atoms with Gasteiger partial charge in [0.05, 0.1) is 13.3 Å². The third-order valence-corrected chi connectivity index (χ3v) is 4.78. The number of methoxy groups -OCH3 is 1. The predicted octanol–water partition coefficient (Wildman–Crippen LogP) is 3.56. The Bertz CT molecular complexity index is 1200. The van der Waals surface area contributed by atoms with Crippen molar-refractivity contribution < 1.29 is 23.9 Å². The molecule has 9 nitrogen and oxygen atoms in total. The highest BCUT2D eigenvalue weighted by Gasteiger charge is 2.13. The van der Waals surface area contributed by atoms with Crippen molar-refractivity contribution in [3.63, 3.8) is 0 Å². The predicted molar refractivity (Wildman–Crippen MR) is 132 cm³/mol. The van der Waals surface area contributed by atoms with E-state index in [1.807, 2.05) is 18.2 Å². The molecule has 34 heavy (non-hydrogen) atoms. The first kappa shape index (κ1) is 24.5. The number of para-hydroxylation sites is 1. The molecule has 0 saturated heterocycles. The quantitative estimate of drug-likeness (QED) is 0.236. The van der Waals surface area contributed by atoms with Gasteiger partial charge in [-0.15, -0.1) is 0 Å². The van der Waals surface area contributed by atoms with Gasteiger partial charge >= 0.3 is 11.8 Å². The van der Waals surface area contributed by atoms with Crippen LogP contribution in [-0.4, -0.2) is 37.7 Å². The molecule has 174 valence electrons. The van der Waals surface area contributed by atoms with E-state index in [4.69, 9.17) is 9.47 Å².